The first kappa shape index (κ1) is 18.7. The number of halogens is 1. The monoisotopic (exact) mass is 381 g/mol. The van der Waals surface area contributed by atoms with Crippen molar-refractivity contribution in [2.75, 3.05) is 11.9 Å². The topological polar surface area (TPSA) is 75.1 Å². The molecule has 0 saturated carbocycles. The Bertz CT molecular complexity index is 1060. The largest absolute Gasteiger partial charge is 0.382 e. The maximum atomic E-state index is 12.0. The maximum absolute atomic E-state index is 12.0. The Balaban J connectivity index is 0.00000210. The van der Waals surface area contributed by atoms with Gasteiger partial charge in [-0.1, -0.05) is 30.3 Å². The zero-order valence-corrected chi connectivity index (χ0v) is 15.4. The molecule has 0 aliphatic carbocycles. The molecule has 0 unspecified atom stereocenters. The summed E-state index contributed by atoms with van der Waals surface area (Å²) in [5.74, 6) is 0. The molecule has 138 valence electrons. The van der Waals surface area contributed by atoms with E-state index in [-0.39, 0.29) is 18.1 Å². The number of fused-ring (bicyclic) bond motifs is 1. The highest BCUT2D eigenvalue weighted by Crippen LogP contribution is 2.24. The molecule has 0 radical (unpaired) electrons. The Hall–Kier alpha value is -3.12. The van der Waals surface area contributed by atoms with Crippen LogP contribution in [-0.2, 0) is 6.42 Å². The lowest BCUT2D eigenvalue weighted by atomic mass is 10.1. The first-order valence-electron chi connectivity index (χ1n) is 8.60. The highest BCUT2D eigenvalue weighted by atomic mass is 35.5. The van der Waals surface area contributed by atoms with E-state index in [4.69, 9.17) is 0 Å². The number of rotatable bonds is 6. The van der Waals surface area contributed by atoms with Gasteiger partial charge >= 0.3 is 5.69 Å². The second kappa shape index (κ2) is 8.51. The van der Waals surface area contributed by atoms with Crippen LogP contribution in [0.1, 0.15) is 12.0 Å². The number of nitrogens with one attached hydrogen (secondary N) is 2. The van der Waals surface area contributed by atoms with E-state index < -0.39 is 0 Å². The summed E-state index contributed by atoms with van der Waals surface area (Å²) in [6, 6.07) is 16.1. The average Bonchev–Trinajstić information content (AvgIpc) is 3.08. The normalized spacial score (nSPS) is 10.5. The molecule has 0 atom stereocenters. The van der Waals surface area contributed by atoms with E-state index in [1.54, 1.807) is 4.40 Å². The summed E-state index contributed by atoms with van der Waals surface area (Å²) in [6.07, 6.45) is 7.38. The van der Waals surface area contributed by atoms with E-state index >= 15 is 0 Å². The lowest BCUT2D eigenvalue weighted by Gasteiger charge is -2.10. The molecule has 0 bridgehead atoms. The number of H-pyrrole nitrogens is 1. The number of anilines is 1. The number of benzene rings is 1. The second-order valence-electron chi connectivity index (χ2n) is 6.12. The van der Waals surface area contributed by atoms with Crippen molar-refractivity contribution in [2.45, 2.75) is 12.8 Å². The molecule has 0 saturated heterocycles. The lowest BCUT2D eigenvalue weighted by molar-refractivity contribution is 0.860. The quantitative estimate of drug-likeness (QED) is 0.501. The van der Waals surface area contributed by atoms with Crippen molar-refractivity contribution in [2.24, 2.45) is 0 Å². The zero-order chi connectivity index (χ0) is 17.8. The van der Waals surface area contributed by atoms with E-state index in [2.05, 4.69) is 20.5 Å². The van der Waals surface area contributed by atoms with Gasteiger partial charge in [0.25, 0.3) is 0 Å². The van der Waals surface area contributed by atoms with Crippen LogP contribution in [0.25, 0.3) is 16.8 Å². The van der Waals surface area contributed by atoms with Crippen LogP contribution in [0.3, 0.4) is 0 Å². The number of hydrogen-bond donors (Lipinski definition) is 2. The molecule has 0 amide bonds. The number of aryl methyl sites for hydroxylation is 1. The van der Waals surface area contributed by atoms with E-state index in [1.807, 2.05) is 67.1 Å². The zero-order valence-electron chi connectivity index (χ0n) is 14.6. The number of nitrogens with zero attached hydrogens (tertiary/aromatic N) is 3. The third-order valence-electron chi connectivity index (χ3n) is 4.33. The SMILES string of the molecule is Cl.O=c1[nH]nc2c(NCCCc3ccncc3)cc(-c3ccccc3)cn12. The highest BCUT2D eigenvalue weighted by Gasteiger charge is 2.09. The van der Waals surface area contributed by atoms with Crippen LogP contribution >= 0.6 is 12.4 Å². The minimum Gasteiger partial charge on any atom is -0.382 e. The van der Waals surface area contributed by atoms with Gasteiger partial charge in [-0.15, -0.1) is 12.4 Å². The fourth-order valence-electron chi connectivity index (χ4n) is 2.99. The first-order chi connectivity index (χ1) is 12.8. The van der Waals surface area contributed by atoms with Crippen LogP contribution in [0, 0.1) is 0 Å². The van der Waals surface area contributed by atoms with Gasteiger partial charge in [0.1, 0.15) is 0 Å². The van der Waals surface area contributed by atoms with Gasteiger partial charge < -0.3 is 5.32 Å². The van der Waals surface area contributed by atoms with Gasteiger partial charge in [-0.05, 0) is 42.2 Å². The van der Waals surface area contributed by atoms with Crippen LogP contribution in [0.5, 0.6) is 0 Å². The Labute approximate surface area is 162 Å². The third-order valence-corrected chi connectivity index (χ3v) is 4.33. The van der Waals surface area contributed by atoms with Crippen molar-refractivity contribution in [3.05, 3.63) is 83.2 Å². The fraction of sp³-hybridized carbons (Fsp3) is 0.150. The molecule has 2 N–H and O–H groups in total. The van der Waals surface area contributed by atoms with Crippen LogP contribution in [-0.4, -0.2) is 26.1 Å². The van der Waals surface area contributed by atoms with E-state index in [0.29, 0.717) is 5.65 Å². The molecule has 27 heavy (non-hydrogen) atoms. The molecule has 7 heteroatoms. The van der Waals surface area contributed by atoms with E-state index in [0.717, 1.165) is 36.2 Å². The molecule has 3 heterocycles. The molecule has 1 aromatic carbocycles. The van der Waals surface area contributed by atoms with Crippen LogP contribution in [0.4, 0.5) is 5.69 Å². The fourth-order valence-corrected chi connectivity index (χ4v) is 2.99. The molecule has 4 rings (SSSR count). The number of aromatic nitrogens is 4. The average molecular weight is 382 g/mol. The predicted molar refractivity (Wildman–Crippen MR) is 110 cm³/mol. The summed E-state index contributed by atoms with van der Waals surface area (Å²) >= 11 is 0. The highest BCUT2D eigenvalue weighted by molar-refractivity contribution is 5.85. The predicted octanol–water partition coefficient (Wildman–Crippen LogP) is 3.55. The van der Waals surface area contributed by atoms with Crippen molar-refractivity contribution in [1.82, 2.24) is 19.6 Å². The molecular formula is C20H20ClN5O. The van der Waals surface area contributed by atoms with Crippen molar-refractivity contribution < 1.29 is 0 Å². The van der Waals surface area contributed by atoms with Crippen LogP contribution in [0.2, 0.25) is 0 Å². The van der Waals surface area contributed by atoms with Gasteiger partial charge in [0.2, 0.25) is 0 Å². The summed E-state index contributed by atoms with van der Waals surface area (Å²) in [6.45, 7) is 0.789. The number of aromatic amines is 1. The summed E-state index contributed by atoms with van der Waals surface area (Å²) in [4.78, 5) is 16.1. The summed E-state index contributed by atoms with van der Waals surface area (Å²) < 4.78 is 1.55. The molecule has 3 aromatic heterocycles. The smallest absolute Gasteiger partial charge is 0.347 e. The maximum Gasteiger partial charge on any atom is 0.347 e. The van der Waals surface area contributed by atoms with Crippen LogP contribution < -0.4 is 11.0 Å². The minimum atomic E-state index is -0.238. The Morgan fingerprint density at radius 1 is 1.04 bits per heavy atom. The van der Waals surface area contributed by atoms with Gasteiger partial charge in [-0.25, -0.2) is 14.3 Å². The van der Waals surface area contributed by atoms with Crippen molar-refractivity contribution in [3.8, 4) is 11.1 Å². The van der Waals surface area contributed by atoms with Gasteiger partial charge in [0.05, 0.1) is 5.69 Å². The molecule has 0 aliphatic rings. The van der Waals surface area contributed by atoms with Gasteiger partial charge in [0, 0.05) is 30.7 Å². The molecule has 0 spiro atoms. The standard InChI is InChI=1S/C20H19N5O.ClH/c26-20-24-23-19-18(22-10-4-5-15-8-11-21-12-9-15)13-17(14-25(19)20)16-6-2-1-3-7-16;/h1-3,6-9,11-14,22H,4-5,10H2,(H,24,26);1H. The molecule has 0 aliphatic heterocycles. The van der Waals surface area contributed by atoms with Crippen molar-refractivity contribution in [1.29, 1.82) is 0 Å². The van der Waals surface area contributed by atoms with Crippen molar-refractivity contribution in [3.63, 3.8) is 0 Å². The summed E-state index contributed by atoms with van der Waals surface area (Å²) in [5, 5.41) is 10.1. The Morgan fingerprint density at radius 3 is 2.59 bits per heavy atom. The lowest BCUT2D eigenvalue weighted by Crippen LogP contribution is -2.11. The number of pyridine rings is 2. The molecule has 0 fully saturated rings. The van der Waals surface area contributed by atoms with Gasteiger partial charge in [-0.2, -0.15) is 5.10 Å². The first-order valence-corrected chi connectivity index (χ1v) is 8.60. The molecular weight excluding hydrogens is 362 g/mol. The second-order valence-corrected chi connectivity index (χ2v) is 6.12. The van der Waals surface area contributed by atoms with E-state index in [9.17, 15) is 4.79 Å². The number of hydrogen-bond acceptors (Lipinski definition) is 4. The summed E-state index contributed by atoms with van der Waals surface area (Å²) in [7, 11) is 0. The molecule has 4 aromatic rings. The van der Waals surface area contributed by atoms with E-state index in [1.165, 1.54) is 5.56 Å². The van der Waals surface area contributed by atoms with Crippen LogP contribution in [0.15, 0.2) is 71.9 Å². The van der Waals surface area contributed by atoms with Gasteiger partial charge in [-0.3, -0.25) is 4.98 Å². The molecule has 6 nitrogen and oxygen atoms in total. The van der Waals surface area contributed by atoms with Crippen molar-refractivity contribution >= 4 is 23.7 Å². The van der Waals surface area contributed by atoms with Gasteiger partial charge in [0.15, 0.2) is 5.65 Å². The summed E-state index contributed by atoms with van der Waals surface area (Å²) in [5.41, 5.74) is 4.51. The Morgan fingerprint density at radius 2 is 1.81 bits per heavy atom. The Kier molecular flexibility index (Phi) is 5.88. The third kappa shape index (κ3) is 4.17. The minimum absolute atomic E-state index is 0.